The van der Waals surface area contributed by atoms with Gasteiger partial charge in [-0.25, -0.2) is 0 Å². The molecule has 0 aliphatic carbocycles. The highest BCUT2D eigenvalue weighted by Crippen LogP contribution is 2.08. The summed E-state index contributed by atoms with van der Waals surface area (Å²) in [7, 11) is 0. The SMILES string of the molecule is C=C/C=C/CSC/C=C/C=C.CC(C)(C)Cl. The van der Waals surface area contributed by atoms with Gasteiger partial charge in [-0.3, -0.25) is 0 Å². The molecule has 0 heterocycles. The summed E-state index contributed by atoms with van der Waals surface area (Å²) in [5.41, 5.74) is 0. The maximum absolute atomic E-state index is 5.53. The highest BCUT2D eigenvalue weighted by atomic mass is 35.5. The molecule has 0 nitrogen and oxygen atoms in total. The van der Waals surface area contributed by atoms with Gasteiger partial charge in [-0.05, 0) is 20.8 Å². The first kappa shape index (κ1) is 18.0. The van der Waals surface area contributed by atoms with E-state index in [1.54, 1.807) is 12.2 Å². The van der Waals surface area contributed by atoms with E-state index in [1.807, 2.05) is 44.7 Å². The first-order valence-corrected chi connectivity index (χ1v) is 6.77. The van der Waals surface area contributed by atoms with Crippen LogP contribution in [0.25, 0.3) is 0 Å². The highest BCUT2D eigenvalue weighted by molar-refractivity contribution is 7.99. The predicted molar refractivity (Wildman–Crippen MR) is 81.6 cm³/mol. The van der Waals surface area contributed by atoms with E-state index in [2.05, 4.69) is 25.3 Å². The zero-order valence-corrected chi connectivity index (χ0v) is 12.2. The fourth-order valence-electron chi connectivity index (χ4n) is 0.508. The van der Waals surface area contributed by atoms with E-state index >= 15 is 0 Å². The summed E-state index contributed by atoms with van der Waals surface area (Å²) in [4.78, 5) is -0.0278. The van der Waals surface area contributed by atoms with Crippen molar-refractivity contribution in [3.63, 3.8) is 0 Å². The average Bonchev–Trinajstić information content (AvgIpc) is 2.14. The van der Waals surface area contributed by atoms with Crippen LogP contribution in [0.4, 0.5) is 0 Å². The van der Waals surface area contributed by atoms with E-state index in [0.29, 0.717) is 0 Å². The Morgan fingerprint density at radius 1 is 1.00 bits per heavy atom. The van der Waals surface area contributed by atoms with Crippen LogP contribution in [0.1, 0.15) is 20.8 Å². The lowest BCUT2D eigenvalue weighted by Gasteiger charge is -2.01. The largest absolute Gasteiger partial charge is 0.154 e. The molecule has 2 heteroatoms. The molecule has 0 bridgehead atoms. The number of alkyl halides is 1. The molecule has 0 atom stereocenters. The molecule has 92 valence electrons. The normalized spacial score (nSPS) is 11.2. The topological polar surface area (TPSA) is 0 Å². The van der Waals surface area contributed by atoms with Crippen LogP contribution < -0.4 is 0 Å². The Morgan fingerprint density at radius 2 is 1.31 bits per heavy atom. The Bertz CT molecular complexity index is 197. The molecule has 0 aromatic carbocycles. The Kier molecular flexibility index (Phi) is 14.2. The lowest BCUT2D eigenvalue weighted by atomic mass is 10.3. The van der Waals surface area contributed by atoms with Crippen LogP contribution in [0.3, 0.4) is 0 Å². The Labute approximate surface area is 110 Å². The third-order valence-corrected chi connectivity index (χ3v) is 1.83. The van der Waals surface area contributed by atoms with Crippen LogP contribution in [-0.4, -0.2) is 16.4 Å². The minimum absolute atomic E-state index is 0.0278. The van der Waals surface area contributed by atoms with Crippen LogP contribution in [-0.2, 0) is 0 Å². The van der Waals surface area contributed by atoms with E-state index in [0.717, 1.165) is 11.5 Å². The number of rotatable bonds is 6. The molecule has 0 N–H and O–H groups in total. The molecule has 16 heavy (non-hydrogen) atoms. The zero-order valence-electron chi connectivity index (χ0n) is 10.6. The number of hydrogen-bond donors (Lipinski definition) is 0. The van der Waals surface area contributed by atoms with Gasteiger partial charge >= 0.3 is 0 Å². The number of hydrogen-bond acceptors (Lipinski definition) is 1. The van der Waals surface area contributed by atoms with E-state index in [9.17, 15) is 0 Å². The lowest BCUT2D eigenvalue weighted by Crippen LogP contribution is -1.99. The Balaban J connectivity index is 0. The average molecular weight is 259 g/mol. The van der Waals surface area contributed by atoms with Crippen molar-refractivity contribution in [3.05, 3.63) is 49.6 Å². The summed E-state index contributed by atoms with van der Waals surface area (Å²) in [6, 6.07) is 0. The van der Waals surface area contributed by atoms with Gasteiger partial charge in [0.15, 0.2) is 0 Å². The standard InChI is InChI=1S/C10H14S.C4H9Cl/c1-3-5-7-9-11-10-8-6-4-2;1-4(2,3)5/h3-8H,1-2,9-10H2;1-3H3/b7-5+,8-6+;. The summed E-state index contributed by atoms with van der Waals surface area (Å²) in [5.74, 6) is 2.10. The van der Waals surface area contributed by atoms with E-state index in [4.69, 9.17) is 11.6 Å². The van der Waals surface area contributed by atoms with Gasteiger partial charge in [-0.2, -0.15) is 11.8 Å². The minimum Gasteiger partial charge on any atom is -0.154 e. The van der Waals surface area contributed by atoms with Gasteiger partial charge in [0, 0.05) is 16.4 Å². The molecule has 0 radical (unpaired) electrons. The van der Waals surface area contributed by atoms with Crippen LogP contribution >= 0.6 is 23.4 Å². The van der Waals surface area contributed by atoms with Crippen molar-refractivity contribution < 1.29 is 0 Å². The van der Waals surface area contributed by atoms with Gasteiger partial charge in [0.05, 0.1) is 0 Å². The third-order valence-electron chi connectivity index (χ3n) is 0.972. The van der Waals surface area contributed by atoms with Crippen molar-refractivity contribution >= 4 is 23.4 Å². The van der Waals surface area contributed by atoms with Gasteiger partial charge in [-0.1, -0.05) is 49.6 Å². The van der Waals surface area contributed by atoms with Gasteiger partial charge < -0.3 is 0 Å². The summed E-state index contributed by atoms with van der Waals surface area (Å²) < 4.78 is 0. The van der Waals surface area contributed by atoms with Gasteiger partial charge in [-0.15, -0.1) is 11.6 Å². The monoisotopic (exact) mass is 258 g/mol. The molecule has 0 rings (SSSR count). The quantitative estimate of drug-likeness (QED) is 0.357. The lowest BCUT2D eigenvalue weighted by molar-refractivity contribution is 0.788. The van der Waals surface area contributed by atoms with E-state index in [-0.39, 0.29) is 4.87 Å². The predicted octanol–water partition coefficient (Wildman–Crippen LogP) is 5.23. The van der Waals surface area contributed by atoms with Crippen molar-refractivity contribution in [2.45, 2.75) is 25.6 Å². The summed E-state index contributed by atoms with van der Waals surface area (Å²) in [6.07, 6.45) is 11.7. The zero-order chi connectivity index (χ0) is 12.9. The maximum Gasteiger partial charge on any atom is 0.0362 e. The minimum atomic E-state index is -0.0278. The number of allylic oxidation sites excluding steroid dienone is 4. The smallest absolute Gasteiger partial charge is 0.0362 e. The molecular formula is C14H23ClS. The fourth-order valence-corrected chi connectivity index (χ4v) is 1.14. The second-order valence-electron chi connectivity index (χ2n) is 3.93. The van der Waals surface area contributed by atoms with Crippen LogP contribution in [0.5, 0.6) is 0 Å². The Hall–Kier alpha value is -0.400. The van der Waals surface area contributed by atoms with Gasteiger partial charge in [0.2, 0.25) is 0 Å². The van der Waals surface area contributed by atoms with Gasteiger partial charge in [0.1, 0.15) is 0 Å². The van der Waals surface area contributed by atoms with E-state index in [1.165, 1.54) is 0 Å². The molecule has 0 saturated heterocycles. The van der Waals surface area contributed by atoms with Crippen LogP contribution in [0.2, 0.25) is 0 Å². The molecule has 0 saturated carbocycles. The van der Waals surface area contributed by atoms with E-state index < -0.39 is 0 Å². The second-order valence-corrected chi connectivity index (χ2v) is 6.14. The number of thioether (sulfide) groups is 1. The molecule has 0 unspecified atom stereocenters. The molecule has 0 fully saturated rings. The Morgan fingerprint density at radius 3 is 1.56 bits per heavy atom. The first-order valence-electron chi connectivity index (χ1n) is 5.23. The molecule has 0 aliphatic rings. The molecule has 0 aromatic heterocycles. The molecule has 0 aromatic rings. The highest BCUT2D eigenvalue weighted by Gasteiger charge is 1.99. The molecule has 0 amide bonds. The number of halogens is 1. The third kappa shape index (κ3) is 37.4. The van der Waals surface area contributed by atoms with Crippen molar-refractivity contribution in [1.82, 2.24) is 0 Å². The van der Waals surface area contributed by atoms with Crippen LogP contribution in [0, 0.1) is 0 Å². The molecule has 0 spiro atoms. The molecule has 0 aliphatic heterocycles. The summed E-state index contributed by atoms with van der Waals surface area (Å²) >= 11 is 7.39. The second kappa shape index (κ2) is 12.7. The summed E-state index contributed by atoms with van der Waals surface area (Å²) in [6.45, 7) is 13.0. The van der Waals surface area contributed by atoms with Crippen molar-refractivity contribution in [2.24, 2.45) is 0 Å². The van der Waals surface area contributed by atoms with Crippen molar-refractivity contribution in [1.29, 1.82) is 0 Å². The van der Waals surface area contributed by atoms with Crippen LogP contribution in [0.15, 0.2) is 49.6 Å². The van der Waals surface area contributed by atoms with Gasteiger partial charge in [0.25, 0.3) is 0 Å². The van der Waals surface area contributed by atoms with Crippen molar-refractivity contribution in [2.75, 3.05) is 11.5 Å². The van der Waals surface area contributed by atoms with Crippen molar-refractivity contribution in [3.8, 4) is 0 Å². The first-order chi connectivity index (χ1) is 7.41. The fraction of sp³-hybridized carbons (Fsp3) is 0.429. The molecular weight excluding hydrogens is 236 g/mol. The maximum atomic E-state index is 5.53. The summed E-state index contributed by atoms with van der Waals surface area (Å²) in [5, 5.41) is 0.